The lowest BCUT2D eigenvalue weighted by Crippen LogP contribution is -2.26. The normalized spacial score (nSPS) is 10.1. The maximum absolute atomic E-state index is 11.5. The highest BCUT2D eigenvalue weighted by atomic mass is 16.5. The molecule has 0 aliphatic heterocycles. The second-order valence-electron chi connectivity index (χ2n) is 4.79. The Morgan fingerprint density at radius 2 is 2.00 bits per heavy atom. The second kappa shape index (κ2) is 8.19. The van der Waals surface area contributed by atoms with E-state index in [1.165, 1.54) is 0 Å². The molecule has 110 valence electrons. The molecule has 5 nitrogen and oxygen atoms in total. The van der Waals surface area contributed by atoms with Crippen LogP contribution in [0, 0.1) is 13.8 Å². The lowest BCUT2D eigenvalue weighted by atomic mass is 10.1. The van der Waals surface area contributed by atoms with E-state index in [9.17, 15) is 9.59 Å². The number of hydrogen-bond acceptors (Lipinski definition) is 3. The number of amides is 2. The molecule has 0 saturated heterocycles. The summed E-state index contributed by atoms with van der Waals surface area (Å²) in [6.45, 7) is 4.77. The molecule has 0 fully saturated rings. The molecule has 1 rings (SSSR count). The van der Waals surface area contributed by atoms with Gasteiger partial charge in [0.05, 0.1) is 13.0 Å². The number of carbonyl (C=O) groups is 2. The maximum atomic E-state index is 11.5. The Kier molecular flexibility index (Phi) is 6.56. The fraction of sp³-hybridized carbons (Fsp3) is 0.467. The van der Waals surface area contributed by atoms with Crippen LogP contribution in [0.5, 0.6) is 5.75 Å². The number of benzene rings is 1. The number of ether oxygens (including phenoxy) is 1. The quantitative estimate of drug-likeness (QED) is 0.706. The van der Waals surface area contributed by atoms with Crippen molar-refractivity contribution in [3.8, 4) is 5.75 Å². The summed E-state index contributed by atoms with van der Waals surface area (Å²) in [7, 11) is 0. The number of primary amides is 1. The molecule has 5 heteroatoms. The second-order valence-corrected chi connectivity index (χ2v) is 4.79. The van der Waals surface area contributed by atoms with Crippen molar-refractivity contribution in [3.63, 3.8) is 0 Å². The molecule has 0 saturated carbocycles. The average Bonchev–Trinajstić information content (AvgIpc) is 2.38. The maximum Gasteiger partial charge on any atom is 0.223 e. The summed E-state index contributed by atoms with van der Waals surface area (Å²) >= 11 is 0. The van der Waals surface area contributed by atoms with Gasteiger partial charge in [-0.15, -0.1) is 0 Å². The van der Waals surface area contributed by atoms with Gasteiger partial charge in [-0.25, -0.2) is 0 Å². The molecule has 1 aromatic rings. The number of aryl methyl sites for hydroxylation is 2. The number of rotatable bonds is 8. The Morgan fingerprint density at radius 1 is 1.25 bits per heavy atom. The van der Waals surface area contributed by atoms with E-state index in [-0.39, 0.29) is 11.8 Å². The molecule has 0 aromatic heterocycles. The first-order chi connectivity index (χ1) is 9.49. The number of carbonyl (C=O) groups excluding carboxylic acids is 2. The minimum Gasteiger partial charge on any atom is -0.493 e. The highest BCUT2D eigenvalue weighted by Gasteiger charge is 2.04. The largest absolute Gasteiger partial charge is 0.493 e. The van der Waals surface area contributed by atoms with Crippen LogP contribution in [0.2, 0.25) is 0 Å². The van der Waals surface area contributed by atoms with Gasteiger partial charge in [0, 0.05) is 13.0 Å². The molecule has 20 heavy (non-hydrogen) atoms. The molecular weight excluding hydrogens is 256 g/mol. The van der Waals surface area contributed by atoms with Crippen LogP contribution < -0.4 is 15.8 Å². The van der Waals surface area contributed by atoms with Crippen LogP contribution in [0.15, 0.2) is 18.2 Å². The lowest BCUT2D eigenvalue weighted by molar-refractivity contribution is -0.122. The lowest BCUT2D eigenvalue weighted by Gasteiger charge is -2.10. The van der Waals surface area contributed by atoms with Crippen LogP contribution in [0.4, 0.5) is 0 Å². The van der Waals surface area contributed by atoms with Gasteiger partial charge in [0.1, 0.15) is 5.75 Å². The average molecular weight is 278 g/mol. The molecule has 0 aliphatic carbocycles. The van der Waals surface area contributed by atoms with Gasteiger partial charge >= 0.3 is 0 Å². The summed E-state index contributed by atoms with van der Waals surface area (Å²) in [5.74, 6) is 0.379. The van der Waals surface area contributed by atoms with E-state index >= 15 is 0 Å². The van der Waals surface area contributed by atoms with Crippen molar-refractivity contribution in [2.45, 2.75) is 33.1 Å². The number of hydrogen-bond donors (Lipinski definition) is 2. The van der Waals surface area contributed by atoms with Crippen molar-refractivity contribution in [1.29, 1.82) is 0 Å². The van der Waals surface area contributed by atoms with Crippen molar-refractivity contribution in [2.24, 2.45) is 5.73 Å². The van der Waals surface area contributed by atoms with Crippen molar-refractivity contribution in [2.75, 3.05) is 13.2 Å². The molecule has 1 aromatic carbocycles. The van der Waals surface area contributed by atoms with Crippen molar-refractivity contribution in [1.82, 2.24) is 5.32 Å². The summed E-state index contributed by atoms with van der Waals surface area (Å²) in [5.41, 5.74) is 7.19. The van der Waals surface area contributed by atoms with E-state index in [2.05, 4.69) is 5.32 Å². The molecule has 0 unspecified atom stereocenters. The predicted octanol–water partition coefficient (Wildman–Crippen LogP) is 1.45. The van der Waals surface area contributed by atoms with Crippen LogP contribution in [0.3, 0.4) is 0 Å². The van der Waals surface area contributed by atoms with Gasteiger partial charge < -0.3 is 15.8 Å². The van der Waals surface area contributed by atoms with Crippen LogP contribution in [0.25, 0.3) is 0 Å². The highest BCUT2D eigenvalue weighted by molar-refractivity contribution is 5.76. The fourth-order valence-corrected chi connectivity index (χ4v) is 1.70. The summed E-state index contributed by atoms with van der Waals surface area (Å²) in [6.07, 6.45) is 1.15. The topological polar surface area (TPSA) is 81.4 Å². The molecule has 2 amide bonds. The zero-order valence-electron chi connectivity index (χ0n) is 12.1. The van der Waals surface area contributed by atoms with Gasteiger partial charge in [-0.05, 0) is 37.5 Å². The minimum atomic E-state index is -0.350. The van der Waals surface area contributed by atoms with E-state index in [1.807, 2.05) is 32.0 Å². The van der Waals surface area contributed by atoms with Gasteiger partial charge in [0.25, 0.3) is 0 Å². The predicted molar refractivity (Wildman–Crippen MR) is 77.5 cm³/mol. The zero-order chi connectivity index (χ0) is 15.0. The first kappa shape index (κ1) is 16.0. The van der Waals surface area contributed by atoms with Gasteiger partial charge in [0.15, 0.2) is 0 Å². The first-order valence-electron chi connectivity index (χ1n) is 6.74. The molecule has 3 N–H and O–H groups in total. The Balaban J connectivity index is 2.21. The van der Waals surface area contributed by atoms with Crippen LogP contribution >= 0.6 is 0 Å². The van der Waals surface area contributed by atoms with Crippen LogP contribution in [0.1, 0.15) is 30.4 Å². The van der Waals surface area contributed by atoms with Crippen LogP contribution in [-0.2, 0) is 9.59 Å². The highest BCUT2D eigenvalue weighted by Crippen LogP contribution is 2.19. The zero-order valence-corrected chi connectivity index (χ0v) is 12.1. The Hall–Kier alpha value is -2.04. The van der Waals surface area contributed by atoms with E-state index < -0.39 is 0 Å². The summed E-state index contributed by atoms with van der Waals surface area (Å²) in [4.78, 5) is 22.0. The van der Waals surface area contributed by atoms with Crippen molar-refractivity contribution in [3.05, 3.63) is 29.3 Å². The third-order valence-electron chi connectivity index (χ3n) is 2.85. The van der Waals surface area contributed by atoms with Crippen LogP contribution in [-0.4, -0.2) is 25.0 Å². The van der Waals surface area contributed by atoms with Gasteiger partial charge in [-0.2, -0.15) is 0 Å². The minimum absolute atomic E-state index is 0.0835. The van der Waals surface area contributed by atoms with Crippen molar-refractivity contribution >= 4 is 11.8 Å². The first-order valence-corrected chi connectivity index (χ1v) is 6.74. The Bertz CT molecular complexity index is 472. The SMILES string of the molecule is Cc1ccc(C)c(OCCC(=O)NCCCC(N)=O)c1. The third-order valence-corrected chi connectivity index (χ3v) is 2.85. The van der Waals surface area contributed by atoms with E-state index in [0.29, 0.717) is 32.4 Å². The van der Waals surface area contributed by atoms with E-state index in [0.717, 1.165) is 16.9 Å². The third kappa shape index (κ3) is 6.22. The molecule has 0 radical (unpaired) electrons. The van der Waals surface area contributed by atoms with Gasteiger partial charge in [0.2, 0.25) is 11.8 Å². The van der Waals surface area contributed by atoms with E-state index in [1.54, 1.807) is 0 Å². The monoisotopic (exact) mass is 278 g/mol. The van der Waals surface area contributed by atoms with Crippen molar-refractivity contribution < 1.29 is 14.3 Å². The number of nitrogens with two attached hydrogens (primary N) is 1. The molecular formula is C15H22N2O3. The summed E-state index contributed by atoms with van der Waals surface area (Å²) in [5, 5.41) is 2.72. The molecule has 0 spiro atoms. The van der Waals surface area contributed by atoms with Gasteiger partial charge in [-0.3, -0.25) is 9.59 Å². The molecule has 0 aliphatic rings. The standard InChI is InChI=1S/C15H22N2O3/c1-11-5-6-12(2)13(10-11)20-9-7-15(19)17-8-3-4-14(16)18/h5-6,10H,3-4,7-9H2,1-2H3,(H2,16,18)(H,17,19). The molecule has 0 bridgehead atoms. The fourth-order valence-electron chi connectivity index (χ4n) is 1.70. The molecule has 0 atom stereocenters. The summed E-state index contributed by atoms with van der Waals surface area (Å²) in [6, 6.07) is 5.97. The Morgan fingerprint density at radius 3 is 2.70 bits per heavy atom. The van der Waals surface area contributed by atoms with Gasteiger partial charge in [-0.1, -0.05) is 12.1 Å². The Labute approximate surface area is 119 Å². The number of nitrogens with one attached hydrogen (secondary N) is 1. The summed E-state index contributed by atoms with van der Waals surface area (Å²) < 4.78 is 5.60. The van der Waals surface area contributed by atoms with E-state index in [4.69, 9.17) is 10.5 Å². The molecule has 0 heterocycles. The smallest absolute Gasteiger partial charge is 0.223 e.